The third kappa shape index (κ3) is 8.82. The van der Waals surface area contributed by atoms with Crippen molar-refractivity contribution in [1.82, 2.24) is 0 Å². The van der Waals surface area contributed by atoms with E-state index < -0.39 is 0 Å². The fourth-order valence-corrected chi connectivity index (χ4v) is 0. The Bertz CT molecular complexity index is 16.0. The number of hydrogen-bond acceptors (Lipinski definition) is 0. The zero-order chi connectivity index (χ0) is 0. The minimum absolute atomic E-state index is 0. The smallest absolute Gasteiger partial charge is 1.00 e. The predicted octanol–water partition coefficient (Wildman–Crippen LogP) is -0.695. The maximum Gasteiger partial charge on any atom is 2.00 e. The Morgan fingerprint density at radius 3 is 1.25 bits per heavy atom. The van der Waals surface area contributed by atoms with Crippen molar-refractivity contribution in [3.05, 3.63) is 0 Å². The first-order valence-corrected chi connectivity index (χ1v) is 0. The van der Waals surface area contributed by atoms with Gasteiger partial charge in [0, 0.05) is 25.5 Å². The van der Waals surface area contributed by atoms with E-state index in [1.165, 1.54) is 0 Å². The molecule has 0 aromatic rings. The second-order valence-corrected chi connectivity index (χ2v) is 0. The second kappa shape index (κ2) is 17.5. The minimum atomic E-state index is 0. The van der Waals surface area contributed by atoms with Gasteiger partial charge in [0.1, 0.15) is 0 Å². The molecule has 0 aromatic heterocycles. The van der Waals surface area contributed by atoms with Crippen molar-refractivity contribution in [2.75, 3.05) is 0 Å². The van der Waals surface area contributed by atoms with E-state index >= 15 is 0 Å². The topological polar surface area (TPSA) is 0 Å². The van der Waals surface area contributed by atoms with Gasteiger partial charge in [-0.15, -0.1) is 0 Å². The molecule has 0 spiro atoms. The van der Waals surface area contributed by atoms with Crippen molar-refractivity contribution in [2.45, 2.75) is 0 Å². The van der Waals surface area contributed by atoms with Crippen molar-refractivity contribution in [1.29, 1.82) is 0 Å². The maximum atomic E-state index is 0. The summed E-state index contributed by atoms with van der Waals surface area (Å²) < 4.78 is 0. The van der Waals surface area contributed by atoms with Gasteiger partial charge in [-0.25, -0.2) is 0 Å². The van der Waals surface area contributed by atoms with Gasteiger partial charge < -0.3 is 5.71 Å². The molecule has 0 aliphatic heterocycles. The first kappa shape index (κ1) is 30.5. The molecule has 0 nitrogen and oxygen atoms in total. The molecule has 0 saturated carbocycles. The van der Waals surface area contributed by atoms with Crippen LogP contribution in [0.25, 0.3) is 0 Å². The molecule has 0 aliphatic carbocycles. The summed E-state index contributed by atoms with van der Waals surface area (Å²) in [6.07, 6.45) is 0. The van der Waals surface area contributed by atoms with E-state index in [1.54, 1.807) is 0 Å². The average Bonchev–Trinajstić information content (AvgIpc) is 0. The zero-order valence-electron chi connectivity index (χ0n) is 6.37. The molecule has 4 heteroatoms. The molecule has 0 heterocycles. The molecular formula is H4BCaMgMn. The van der Waals surface area contributed by atoms with Crippen LogP contribution in [0.2, 0.25) is 0 Å². The summed E-state index contributed by atoms with van der Waals surface area (Å²) in [6.45, 7) is 0. The molecule has 4 heavy (non-hydrogen) atoms. The van der Waals surface area contributed by atoms with Crippen molar-refractivity contribution >= 4 is 69.2 Å². The molecule has 0 rings (SSSR count). The first-order valence-electron chi connectivity index (χ1n) is 0. The quantitative estimate of drug-likeness (QED) is 0.384. The van der Waals surface area contributed by atoms with Crippen LogP contribution in [0.3, 0.4) is 0 Å². The van der Waals surface area contributed by atoms with E-state index in [0.29, 0.717) is 0 Å². The van der Waals surface area contributed by atoms with Gasteiger partial charge in [0.05, 0.1) is 0 Å². The van der Waals surface area contributed by atoms with E-state index in [-0.39, 0.29) is 92.0 Å². The van der Waals surface area contributed by atoms with Gasteiger partial charge in [-0.2, -0.15) is 0 Å². The van der Waals surface area contributed by atoms with Gasteiger partial charge in [-0.3, -0.25) is 0 Å². The Kier molecular flexibility index (Phi) is 134. The van der Waals surface area contributed by atoms with Gasteiger partial charge in [0.2, 0.25) is 0 Å². The van der Waals surface area contributed by atoms with E-state index in [4.69, 9.17) is 0 Å². The molecule has 0 atom stereocenters. The Morgan fingerprint density at radius 1 is 1.25 bits per heavy atom. The van der Waals surface area contributed by atoms with Gasteiger partial charge in [-0.1, -0.05) is 0 Å². The average molecular weight is 134 g/mol. The fraction of sp³-hybridized carbons (Fsp3) is 0. The largest absolute Gasteiger partial charge is 2.00 e. The van der Waals surface area contributed by atoms with Crippen LogP contribution in [0.1, 0.15) is 5.71 Å². The molecule has 0 fully saturated rings. The molecule has 0 bridgehead atoms. The summed E-state index contributed by atoms with van der Waals surface area (Å²) in [6, 6.07) is 0. The van der Waals surface area contributed by atoms with Crippen LogP contribution in [0.5, 0.6) is 0 Å². The molecule has 0 N–H and O–H groups in total. The van der Waals surface area contributed by atoms with Crippen LogP contribution in [0, 0.1) is 0 Å². The Labute approximate surface area is 90.6 Å². The molecular weight excluding hydrogens is 130 g/mol. The Hall–Kier alpha value is 2.61. The summed E-state index contributed by atoms with van der Waals surface area (Å²) in [5.41, 5.74) is 0. The summed E-state index contributed by atoms with van der Waals surface area (Å²) in [5.74, 6) is 0. The number of rotatable bonds is 0. The van der Waals surface area contributed by atoms with E-state index in [0.717, 1.165) is 0 Å². The zero-order valence-corrected chi connectivity index (χ0v) is 7.17. The third-order valence-electron chi connectivity index (χ3n) is 0. The molecule has 0 saturated heterocycles. The molecule has 0 aliphatic rings. The standard InChI is InChI=1S/B.Ca.Mg.Mn.4H/q;2*+2;;4*-1. The minimum Gasteiger partial charge on any atom is -1.00 e. The summed E-state index contributed by atoms with van der Waals surface area (Å²) in [5, 5.41) is 0. The van der Waals surface area contributed by atoms with Gasteiger partial charge >= 0.3 is 60.8 Å². The van der Waals surface area contributed by atoms with Crippen molar-refractivity contribution in [3.63, 3.8) is 0 Å². The molecule has 0 unspecified atom stereocenters. The fourth-order valence-electron chi connectivity index (χ4n) is 0. The van der Waals surface area contributed by atoms with Crippen LogP contribution in [-0.2, 0) is 17.1 Å². The van der Waals surface area contributed by atoms with Crippen LogP contribution in [0.4, 0.5) is 0 Å². The van der Waals surface area contributed by atoms with Crippen molar-refractivity contribution < 1.29 is 22.8 Å². The van der Waals surface area contributed by atoms with Crippen LogP contribution in [0.15, 0.2) is 0 Å². The van der Waals surface area contributed by atoms with Crippen molar-refractivity contribution in [2.24, 2.45) is 0 Å². The third-order valence-corrected chi connectivity index (χ3v) is 0. The van der Waals surface area contributed by atoms with E-state index in [2.05, 4.69) is 0 Å². The first-order chi connectivity index (χ1) is 0. The van der Waals surface area contributed by atoms with Crippen LogP contribution in [-0.4, -0.2) is 69.2 Å². The maximum absolute atomic E-state index is 0. The number of hydrogen-bond donors (Lipinski definition) is 0. The summed E-state index contributed by atoms with van der Waals surface area (Å²) >= 11 is 0. The molecule has 18 valence electrons. The second-order valence-electron chi connectivity index (χ2n) is 0. The van der Waals surface area contributed by atoms with Crippen LogP contribution >= 0.6 is 0 Å². The van der Waals surface area contributed by atoms with Gasteiger partial charge in [0.25, 0.3) is 0 Å². The summed E-state index contributed by atoms with van der Waals surface area (Å²) in [7, 11) is 0. The Balaban J connectivity index is 0. The van der Waals surface area contributed by atoms with Crippen molar-refractivity contribution in [3.8, 4) is 0 Å². The SMILES string of the molecule is [B].[Ca+2].[H-].[H-].[H-].[H-].[Mg+2].[Mn]. The van der Waals surface area contributed by atoms with E-state index in [9.17, 15) is 0 Å². The monoisotopic (exact) mass is 134 g/mol. The summed E-state index contributed by atoms with van der Waals surface area (Å²) in [4.78, 5) is 0. The Morgan fingerprint density at radius 2 is 1.25 bits per heavy atom. The molecule has 0 aromatic carbocycles. The normalized spacial score (nSPS) is 0. The van der Waals surface area contributed by atoms with Gasteiger partial charge in [0.15, 0.2) is 0 Å². The predicted molar refractivity (Wildman–Crippen MR) is 21.7 cm³/mol. The van der Waals surface area contributed by atoms with Gasteiger partial charge in [-0.05, 0) is 0 Å². The van der Waals surface area contributed by atoms with Crippen LogP contribution < -0.4 is 0 Å². The molecule has 0 amide bonds. The molecule has 4 radical (unpaired) electrons. The van der Waals surface area contributed by atoms with E-state index in [1.807, 2.05) is 0 Å².